The SMILES string of the molecule is Cc1cccc(-c2[nH]c(CN(C(=O)OCc3ccc(NC(=O)[C@H](CCCNC(N)=O)CC(=O)[C@@H](NC(=O)CCCCCN4C(=O)C=CC4=O)C(C)C)cc3)[C@@H]3CCc4ccccc43)nc2-c2ccn3ncnc3c2)n1. The molecule has 6 N–H and O–H groups in total. The van der Waals surface area contributed by atoms with Crippen LogP contribution in [0.5, 0.6) is 0 Å². The lowest BCUT2D eigenvalue weighted by Gasteiger charge is -2.28. The predicted molar refractivity (Wildman–Crippen MR) is 278 cm³/mol. The number of hydrogen-bond donors (Lipinski definition) is 5. The second kappa shape index (κ2) is 24.4. The molecule has 0 bridgehead atoms. The van der Waals surface area contributed by atoms with Crippen LogP contribution in [0.2, 0.25) is 0 Å². The van der Waals surface area contributed by atoms with Gasteiger partial charge in [0.05, 0.1) is 35.7 Å². The van der Waals surface area contributed by atoms with E-state index in [1.807, 2.05) is 75.5 Å². The number of primary amides is 1. The molecule has 0 saturated heterocycles. The largest absolute Gasteiger partial charge is 0.445 e. The maximum Gasteiger partial charge on any atom is 0.411 e. The average Bonchev–Trinajstić information content (AvgIpc) is 4.22. The molecule has 4 aromatic heterocycles. The molecule has 5 heterocycles. The van der Waals surface area contributed by atoms with Gasteiger partial charge < -0.3 is 31.4 Å². The number of anilines is 1. The van der Waals surface area contributed by atoms with Gasteiger partial charge in [0.15, 0.2) is 11.4 Å². The summed E-state index contributed by atoms with van der Waals surface area (Å²) in [6.07, 6.45) is 8.94. The molecule has 20 heteroatoms. The van der Waals surface area contributed by atoms with Crippen LogP contribution >= 0.6 is 0 Å². The number of imide groups is 1. The Balaban J connectivity index is 0.914. The van der Waals surface area contributed by atoms with E-state index in [9.17, 15) is 33.6 Å². The van der Waals surface area contributed by atoms with Crippen LogP contribution in [-0.4, -0.2) is 100 Å². The summed E-state index contributed by atoms with van der Waals surface area (Å²) in [7, 11) is 0. The number of carbonyl (C=O) groups is 7. The zero-order valence-electron chi connectivity index (χ0n) is 42.3. The predicted octanol–water partition coefficient (Wildman–Crippen LogP) is 6.90. The maximum atomic E-state index is 14.4. The van der Waals surface area contributed by atoms with Crippen molar-refractivity contribution in [2.75, 3.05) is 18.4 Å². The number of H-pyrrole nitrogens is 1. The fourth-order valence-corrected chi connectivity index (χ4v) is 9.52. The number of amides is 7. The van der Waals surface area contributed by atoms with Crippen molar-refractivity contribution < 1.29 is 38.3 Å². The first kappa shape index (κ1) is 52.8. The molecule has 390 valence electrons. The Bertz CT molecular complexity index is 3070. The third-order valence-corrected chi connectivity index (χ3v) is 13.4. The molecule has 2 aromatic carbocycles. The van der Waals surface area contributed by atoms with Crippen molar-refractivity contribution in [3.05, 3.63) is 132 Å². The van der Waals surface area contributed by atoms with Crippen molar-refractivity contribution in [1.29, 1.82) is 0 Å². The summed E-state index contributed by atoms with van der Waals surface area (Å²) >= 11 is 0. The van der Waals surface area contributed by atoms with Crippen molar-refractivity contribution in [3.8, 4) is 22.6 Å². The molecule has 1 aliphatic carbocycles. The lowest BCUT2D eigenvalue weighted by Crippen LogP contribution is -2.45. The summed E-state index contributed by atoms with van der Waals surface area (Å²) in [4.78, 5) is 111. The molecule has 75 heavy (non-hydrogen) atoms. The molecule has 0 saturated carbocycles. The molecular weight excluding hydrogens is 957 g/mol. The van der Waals surface area contributed by atoms with E-state index >= 15 is 0 Å². The van der Waals surface area contributed by atoms with Crippen LogP contribution < -0.4 is 21.7 Å². The number of ketones is 1. The van der Waals surface area contributed by atoms with Gasteiger partial charge in [-0.05, 0) is 104 Å². The van der Waals surface area contributed by atoms with E-state index in [4.69, 9.17) is 20.4 Å². The highest BCUT2D eigenvalue weighted by Crippen LogP contribution is 2.38. The van der Waals surface area contributed by atoms with E-state index in [1.54, 1.807) is 33.7 Å². The van der Waals surface area contributed by atoms with Crippen molar-refractivity contribution in [3.63, 3.8) is 0 Å². The van der Waals surface area contributed by atoms with Crippen molar-refractivity contribution >= 4 is 52.9 Å². The highest BCUT2D eigenvalue weighted by atomic mass is 16.6. The monoisotopic (exact) mass is 1020 g/mol. The van der Waals surface area contributed by atoms with Gasteiger partial charge in [0.25, 0.3) is 11.8 Å². The first-order valence-electron chi connectivity index (χ1n) is 25.3. The summed E-state index contributed by atoms with van der Waals surface area (Å²) < 4.78 is 7.72. The number of imidazole rings is 1. The van der Waals surface area contributed by atoms with Gasteiger partial charge in [-0.1, -0.05) is 62.7 Å². The average molecular weight is 1020 g/mol. The number of hydrogen-bond acceptors (Lipinski definition) is 12. The first-order chi connectivity index (χ1) is 36.2. The molecule has 8 rings (SSSR count). The van der Waals surface area contributed by atoms with E-state index < -0.39 is 30.0 Å². The number of aromatic nitrogens is 6. The fourth-order valence-electron chi connectivity index (χ4n) is 9.52. The van der Waals surface area contributed by atoms with Crippen molar-refractivity contribution in [2.45, 2.75) is 104 Å². The number of unbranched alkanes of at least 4 members (excludes halogenated alkanes) is 2. The molecule has 0 spiro atoms. The standard InChI is InChI=1S/C55H62N12O8/c1-34(2)50(64-47(69)16-5-4-8-27-65-48(70)23-24-49(65)71)44(68)29-39(13-10-26-57-54(56)73)53(72)61-40-20-17-36(18-21-40)32-75-55(74)66(43-22-19-37-12-6-7-14-41(37)43)31-45-62-51(38-25-28-67-46(30-38)58-33-59-67)52(63-45)42-15-9-11-35(3)60-42/h6-7,9,11-12,14-15,17-18,20-21,23-25,28,30,33-34,39,43,50H,4-5,8,10,13,16,19,22,26-27,29,31-32H2,1-3H3,(H,61,72)(H,62,63)(H,64,69)(H3,56,57,73)/t39-,43-,50+/m1/s1. The van der Waals surface area contributed by atoms with E-state index in [0.29, 0.717) is 71.9 Å². The number of carbonyl (C=O) groups excluding carboxylic acids is 7. The Labute approximate surface area is 433 Å². The van der Waals surface area contributed by atoms with E-state index in [1.165, 1.54) is 18.5 Å². The zero-order valence-corrected chi connectivity index (χ0v) is 42.3. The topological polar surface area (TPSA) is 269 Å². The van der Waals surface area contributed by atoms with Crippen LogP contribution in [0.4, 0.5) is 15.3 Å². The van der Waals surface area contributed by atoms with Crippen LogP contribution in [0.3, 0.4) is 0 Å². The normalized spacial score (nSPS) is 14.7. The van der Waals surface area contributed by atoms with Gasteiger partial charge in [-0.2, -0.15) is 5.10 Å². The summed E-state index contributed by atoms with van der Waals surface area (Å²) in [5, 5.41) is 12.5. The van der Waals surface area contributed by atoms with Gasteiger partial charge in [-0.25, -0.2) is 24.1 Å². The number of urea groups is 1. The minimum absolute atomic E-state index is 0.0667. The van der Waals surface area contributed by atoms with Gasteiger partial charge in [-0.15, -0.1) is 0 Å². The fraction of sp³-hybridized carbons (Fsp3) is 0.364. The number of benzene rings is 2. The minimum Gasteiger partial charge on any atom is -0.445 e. The van der Waals surface area contributed by atoms with Crippen LogP contribution in [0.15, 0.2) is 104 Å². The molecule has 2 aliphatic rings. The first-order valence-corrected chi connectivity index (χ1v) is 25.3. The molecule has 0 radical (unpaired) electrons. The number of nitrogens with one attached hydrogen (secondary N) is 4. The number of nitrogens with zero attached hydrogens (tertiary/aromatic N) is 7. The lowest BCUT2D eigenvalue weighted by molar-refractivity contribution is -0.137. The number of ether oxygens (including phenoxy) is 1. The Hall–Kier alpha value is -8.55. The number of aryl methyl sites for hydroxylation is 2. The third-order valence-electron chi connectivity index (χ3n) is 13.4. The number of fused-ring (bicyclic) bond motifs is 2. The lowest BCUT2D eigenvalue weighted by atomic mass is 9.89. The van der Waals surface area contributed by atoms with Crippen molar-refractivity contribution in [2.24, 2.45) is 17.6 Å². The molecule has 0 fully saturated rings. The smallest absolute Gasteiger partial charge is 0.411 e. The minimum atomic E-state index is -0.852. The van der Waals surface area contributed by atoms with Gasteiger partial charge in [-0.3, -0.25) is 38.8 Å². The van der Waals surface area contributed by atoms with E-state index in [0.717, 1.165) is 33.7 Å². The molecule has 1 aliphatic heterocycles. The summed E-state index contributed by atoms with van der Waals surface area (Å²) in [6, 6.07) is 22.7. The molecular formula is C55H62N12O8. The summed E-state index contributed by atoms with van der Waals surface area (Å²) in [5.74, 6) is -2.29. The van der Waals surface area contributed by atoms with E-state index in [2.05, 4.69) is 37.1 Å². The van der Waals surface area contributed by atoms with Crippen LogP contribution in [-0.2, 0) is 48.3 Å². The zero-order chi connectivity index (χ0) is 53.0. The third kappa shape index (κ3) is 13.5. The highest BCUT2D eigenvalue weighted by molar-refractivity contribution is 6.12. The molecule has 6 aromatic rings. The summed E-state index contributed by atoms with van der Waals surface area (Å²) in [5.41, 5.74) is 12.9. The summed E-state index contributed by atoms with van der Waals surface area (Å²) in [6.45, 7) is 6.06. The Kier molecular flexibility index (Phi) is 17.2. The Morgan fingerprint density at radius 2 is 1.71 bits per heavy atom. The van der Waals surface area contributed by atoms with Crippen LogP contribution in [0.25, 0.3) is 28.3 Å². The van der Waals surface area contributed by atoms with Crippen molar-refractivity contribution in [1.82, 2.24) is 50.0 Å². The number of Topliss-reactive ketones (excluding diaryl/α,β-unsaturated/α-hetero) is 1. The quantitative estimate of drug-likeness (QED) is 0.0306. The Morgan fingerprint density at radius 3 is 2.47 bits per heavy atom. The maximum absolute atomic E-state index is 14.4. The molecule has 20 nitrogen and oxygen atoms in total. The highest BCUT2D eigenvalue weighted by Gasteiger charge is 2.34. The molecule has 0 unspecified atom stereocenters. The number of pyridine rings is 2. The van der Waals surface area contributed by atoms with Gasteiger partial charge in [0.2, 0.25) is 11.8 Å². The molecule has 3 atom stereocenters. The number of nitrogens with two attached hydrogens (primary N) is 1. The second-order valence-corrected chi connectivity index (χ2v) is 19.2. The van der Waals surface area contributed by atoms with Gasteiger partial charge in [0, 0.05) is 67.1 Å². The van der Waals surface area contributed by atoms with Gasteiger partial charge >= 0.3 is 12.1 Å². The second-order valence-electron chi connectivity index (χ2n) is 19.2. The van der Waals surface area contributed by atoms with Gasteiger partial charge in [0.1, 0.15) is 18.8 Å². The van der Waals surface area contributed by atoms with Crippen LogP contribution in [0.1, 0.15) is 99.5 Å². The number of aromatic amines is 1. The molecule has 7 amide bonds. The van der Waals surface area contributed by atoms with Crippen LogP contribution in [0, 0.1) is 18.8 Å². The van der Waals surface area contributed by atoms with E-state index in [-0.39, 0.29) is 81.0 Å². The Morgan fingerprint density at radius 1 is 0.920 bits per heavy atom. The number of rotatable bonds is 24.